The van der Waals surface area contributed by atoms with Crippen LogP contribution in [0.4, 0.5) is 0 Å². The third kappa shape index (κ3) is 4.07. The van der Waals surface area contributed by atoms with Crippen LogP contribution >= 0.6 is 0 Å². The molecule has 2 rings (SSSR count). The fourth-order valence-corrected chi connectivity index (χ4v) is 2.48. The number of likely N-dealkylation sites (tertiary alicyclic amines) is 1. The minimum absolute atomic E-state index is 0.166. The van der Waals surface area contributed by atoms with Crippen molar-refractivity contribution < 1.29 is 4.74 Å². The van der Waals surface area contributed by atoms with Crippen molar-refractivity contribution >= 4 is 0 Å². The predicted molar refractivity (Wildman–Crippen MR) is 73.5 cm³/mol. The maximum atomic E-state index is 6.03. The topological polar surface area (TPSA) is 25.4 Å². The fourth-order valence-electron chi connectivity index (χ4n) is 2.48. The van der Waals surface area contributed by atoms with Gasteiger partial charge in [0.15, 0.2) is 0 Å². The van der Waals surface area contributed by atoms with Crippen molar-refractivity contribution in [1.29, 1.82) is 0 Å². The van der Waals surface area contributed by atoms with Crippen LogP contribution in [-0.4, -0.2) is 36.1 Å². The number of hydrogen-bond acceptors (Lipinski definition) is 3. The third-order valence-electron chi connectivity index (χ3n) is 3.49. The normalized spacial score (nSPS) is 18.1. The van der Waals surface area contributed by atoms with E-state index < -0.39 is 0 Å². The van der Waals surface area contributed by atoms with E-state index in [2.05, 4.69) is 22.9 Å². The fraction of sp³-hybridized carbons (Fsp3) is 0.667. The molecule has 0 N–H and O–H groups in total. The lowest BCUT2D eigenvalue weighted by Crippen LogP contribution is -2.25. The summed E-state index contributed by atoms with van der Waals surface area (Å²) in [7, 11) is 0. The summed E-state index contributed by atoms with van der Waals surface area (Å²) < 4.78 is 6.03. The van der Waals surface area contributed by atoms with E-state index in [4.69, 9.17) is 4.74 Å². The summed E-state index contributed by atoms with van der Waals surface area (Å²) in [5.74, 6) is 0. The summed E-state index contributed by atoms with van der Waals surface area (Å²) in [5.41, 5.74) is 1.07. The Morgan fingerprint density at radius 1 is 1.33 bits per heavy atom. The van der Waals surface area contributed by atoms with E-state index in [0.717, 1.165) is 31.7 Å². The Kier molecular flexibility index (Phi) is 5.62. The Morgan fingerprint density at radius 2 is 2.17 bits per heavy atom. The van der Waals surface area contributed by atoms with Crippen LogP contribution in [0.5, 0.6) is 0 Å². The van der Waals surface area contributed by atoms with Gasteiger partial charge in [-0.15, -0.1) is 0 Å². The molecule has 1 aromatic rings. The van der Waals surface area contributed by atoms with Gasteiger partial charge in [-0.05, 0) is 44.5 Å². The van der Waals surface area contributed by atoms with E-state index in [9.17, 15) is 0 Å². The van der Waals surface area contributed by atoms with Gasteiger partial charge in [0.05, 0.1) is 18.4 Å². The summed E-state index contributed by atoms with van der Waals surface area (Å²) in [6, 6.07) is 6.06. The van der Waals surface area contributed by atoms with Crippen LogP contribution in [0.15, 0.2) is 24.4 Å². The van der Waals surface area contributed by atoms with Crippen molar-refractivity contribution in [2.24, 2.45) is 0 Å². The van der Waals surface area contributed by atoms with Crippen LogP contribution in [0.3, 0.4) is 0 Å². The molecular weight excluding hydrogens is 224 g/mol. The number of aromatic nitrogens is 1. The van der Waals surface area contributed by atoms with Crippen LogP contribution in [0.1, 0.15) is 44.4 Å². The van der Waals surface area contributed by atoms with Crippen LogP contribution in [0.2, 0.25) is 0 Å². The lowest BCUT2D eigenvalue weighted by atomic mass is 10.1. The molecule has 1 aliphatic heterocycles. The molecule has 3 heteroatoms. The summed E-state index contributed by atoms with van der Waals surface area (Å²) in [6.07, 6.45) is 6.89. The SMILES string of the molecule is CCCC(OCCN1CCCC1)c1ccccn1. The first-order chi connectivity index (χ1) is 8.90. The van der Waals surface area contributed by atoms with Gasteiger partial charge in [0.1, 0.15) is 0 Å². The van der Waals surface area contributed by atoms with Gasteiger partial charge in [-0.25, -0.2) is 0 Å². The second-order valence-electron chi connectivity index (χ2n) is 4.95. The Bertz CT molecular complexity index is 323. The Morgan fingerprint density at radius 3 is 2.83 bits per heavy atom. The summed E-state index contributed by atoms with van der Waals surface area (Å²) in [5, 5.41) is 0. The van der Waals surface area contributed by atoms with Crippen LogP contribution in [-0.2, 0) is 4.74 Å². The first-order valence-electron chi connectivity index (χ1n) is 7.15. The van der Waals surface area contributed by atoms with Gasteiger partial charge in [0, 0.05) is 12.7 Å². The van der Waals surface area contributed by atoms with E-state index in [1.54, 1.807) is 0 Å². The molecule has 18 heavy (non-hydrogen) atoms. The first kappa shape index (κ1) is 13.5. The smallest absolute Gasteiger partial charge is 0.0995 e. The molecule has 1 atom stereocenters. The Labute approximate surface area is 110 Å². The highest BCUT2D eigenvalue weighted by molar-refractivity contribution is 5.06. The van der Waals surface area contributed by atoms with E-state index in [0.29, 0.717) is 0 Å². The second kappa shape index (κ2) is 7.49. The van der Waals surface area contributed by atoms with Crippen molar-refractivity contribution in [2.45, 2.75) is 38.7 Å². The molecule has 100 valence electrons. The average Bonchev–Trinajstić information content (AvgIpc) is 2.92. The van der Waals surface area contributed by atoms with Gasteiger partial charge in [-0.2, -0.15) is 0 Å². The average molecular weight is 248 g/mol. The molecule has 0 amide bonds. The second-order valence-corrected chi connectivity index (χ2v) is 4.95. The molecule has 1 aliphatic rings. The molecule has 0 radical (unpaired) electrons. The molecule has 1 saturated heterocycles. The zero-order valence-corrected chi connectivity index (χ0v) is 11.3. The molecular formula is C15H24N2O. The first-order valence-corrected chi connectivity index (χ1v) is 7.15. The quantitative estimate of drug-likeness (QED) is 0.741. The van der Waals surface area contributed by atoms with Crippen molar-refractivity contribution in [1.82, 2.24) is 9.88 Å². The van der Waals surface area contributed by atoms with Crippen LogP contribution in [0, 0.1) is 0 Å². The van der Waals surface area contributed by atoms with E-state index >= 15 is 0 Å². The van der Waals surface area contributed by atoms with Crippen molar-refractivity contribution in [3.8, 4) is 0 Å². The summed E-state index contributed by atoms with van der Waals surface area (Å²) in [4.78, 5) is 6.90. The van der Waals surface area contributed by atoms with E-state index in [1.807, 2.05) is 18.3 Å². The summed E-state index contributed by atoms with van der Waals surface area (Å²) in [6.45, 7) is 6.56. The molecule has 0 saturated carbocycles. The maximum absolute atomic E-state index is 6.03. The molecule has 1 unspecified atom stereocenters. The molecule has 3 nitrogen and oxygen atoms in total. The summed E-state index contributed by atoms with van der Waals surface area (Å²) >= 11 is 0. The Balaban J connectivity index is 1.79. The minimum atomic E-state index is 0.166. The van der Waals surface area contributed by atoms with Crippen molar-refractivity contribution in [2.75, 3.05) is 26.2 Å². The van der Waals surface area contributed by atoms with Gasteiger partial charge < -0.3 is 9.64 Å². The van der Waals surface area contributed by atoms with Crippen LogP contribution < -0.4 is 0 Å². The molecule has 0 spiro atoms. The highest BCUT2D eigenvalue weighted by Gasteiger charge is 2.14. The molecule has 1 fully saturated rings. The predicted octanol–water partition coefficient (Wildman–Crippen LogP) is 3.04. The van der Waals surface area contributed by atoms with Crippen molar-refractivity contribution in [3.63, 3.8) is 0 Å². The van der Waals surface area contributed by atoms with Gasteiger partial charge in [0.25, 0.3) is 0 Å². The standard InChI is InChI=1S/C15H24N2O/c1-2-7-15(14-8-3-4-9-16-14)18-13-12-17-10-5-6-11-17/h3-4,8-9,15H,2,5-7,10-13H2,1H3. The molecule has 0 aromatic carbocycles. The maximum Gasteiger partial charge on any atom is 0.0995 e. The number of nitrogens with zero attached hydrogens (tertiary/aromatic N) is 2. The zero-order valence-electron chi connectivity index (χ0n) is 11.3. The number of ether oxygens (including phenoxy) is 1. The van der Waals surface area contributed by atoms with Gasteiger partial charge in [-0.1, -0.05) is 19.4 Å². The van der Waals surface area contributed by atoms with E-state index in [1.165, 1.54) is 25.9 Å². The van der Waals surface area contributed by atoms with Crippen molar-refractivity contribution in [3.05, 3.63) is 30.1 Å². The lowest BCUT2D eigenvalue weighted by Gasteiger charge is -2.19. The lowest BCUT2D eigenvalue weighted by molar-refractivity contribution is 0.0317. The largest absolute Gasteiger partial charge is 0.371 e. The molecule has 1 aromatic heterocycles. The zero-order chi connectivity index (χ0) is 12.6. The highest BCUT2D eigenvalue weighted by atomic mass is 16.5. The third-order valence-corrected chi connectivity index (χ3v) is 3.49. The Hall–Kier alpha value is -0.930. The monoisotopic (exact) mass is 248 g/mol. The number of rotatable bonds is 7. The number of pyridine rings is 1. The molecule has 2 heterocycles. The molecule has 0 aliphatic carbocycles. The van der Waals surface area contributed by atoms with Gasteiger partial charge >= 0.3 is 0 Å². The van der Waals surface area contributed by atoms with Crippen LogP contribution in [0.25, 0.3) is 0 Å². The molecule has 0 bridgehead atoms. The number of hydrogen-bond donors (Lipinski definition) is 0. The van der Waals surface area contributed by atoms with Gasteiger partial charge in [-0.3, -0.25) is 4.98 Å². The van der Waals surface area contributed by atoms with E-state index in [-0.39, 0.29) is 6.10 Å². The minimum Gasteiger partial charge on any atom is -0.371 e. The van der Waals surface area contributed by atoms with Gasteiger partial charge in [0.2, 0.25) is 0 Å². The highest BCUT2D eigenvalue weighted by Crippen LogP contribution is 2.20.